The third kappa shape index (κ3) is 6.46. The third-order valence-corrected chi connectivity index (χ3v) is 1.50. The van der Waals surface area contributed by atoms with E-state index in [0.717, 1.165) is 0 Å². The highest BCUT2D eigenvalue weighted by Crippen LogP contribution is 2.36. The summed E-state index contributed by atoms with van der Waals surface area (Å²) < 4.78 is 12.1. The molecule has 0 aromatic heterocycles. The Morgan fingerprint density at radius 3 is 1.75 bits per heavy atom. The Hall–Kier alpha value is 0.460. The van der Waals surface area contributed by atoms with Gasteiger partial charge in [-0.3, -0.25) is 0 Å². The summed E-state index contributed by atoms with van der Waals surface area (Å²) in [6, 6.07) is 0. The van der Waals surface area contributed by atoms with Crippen molar-refractivity contribution in [2.45, 2.75) is 0 Å². The van der Waals surface area contributed by atoms with Crippen LogP contribution in [0.5, 0.6) is 0 Å². The van der Waals surface area contributed by atoms with Gasteiger partial charge < -0.3 is 28.4 Å². The summed E-state index contributed by atoms with van der Waals surface area (Å²) in [7, 11) is -8.89. The van der Waals surface area contributed by atoms with Crippen LogP contribution in [0, 0.1) is 0 Å². The van der Waals surface area contributed by atoms with E-state index >= 15 is 0 Å². The van der Waals surface area contributed by atoms with Crippen LogP contribution in [0.4, 0.5) is 0 Å². The van der Waals surface area contributed by atoms with Crippen molar-refractivity contribution in [3.05, 3.63) is 0 Å². The molecule has 0 bridgehead atoms. The molecule has 0 atom stereocenters. The largest absolute Gasteiger partial charge is 0.820 e. The minimum Gasteiger partial charge on any atom is -0.820 e. The van der Waals surface area contributed by atoms with Gasteiger partial charge in [-0.2, -0.15) is 8.60 Å². The molecule has 0 heterocycles. The number of hydrogen-bond donors (Lipinski definition) is 0. The highest BCUT2D eigenvalue weighted by atomic mass is 31.3. The highest BCUT2D eigenvalue weighted by molar-refractivity contribution is 7.54. The maximum atomic E-state index is 9.31. The van der Waals surface area contributed by atoms with Crippen LogP contribution >= 0.6 is 16.4 Å². The molecule has 0 N–H and O–H groups in total. The first-order valence-electron chi connectivity index (χ1n) is 1.28. The predicted molar refractivity (Wildman–Crippen MR) is 15.6 cm³/mol. The second-order valence-electron chi connectivity index (χ2n) is 0.752. The van der Waals surface area contributed by atoms with Crippen LogP contribution in [0.15, 0.2) is 0 Å². The van der Waals surface area contributed by atoms with E-state index < -0.39 is 16.4 Å². The van der Waals surface area contributed by atoms with Crippen molar-refractivity contribution in [1.82, 2.24) is 0 Å². The first-order chi connectivity index (χ1) is 3.42. The fourth-order valence-corrected chi connectivity index (χ4v) is 0.735. The molecular weight excluding hydrogens is 158 g/mol. The zero-order valence-electron chi connectivity index (χ0n) is 3.34. The molecule has 0 saturated heterocycles. The Labute approximate surface area is 46.0 Å². The smallest absolute Gasteiger partial charge is 0.0608 e. The minimum absolute atomic E-state index is 2.84. The fourth-order valence-electron chi connectivity index (χ4n) is 0.0816. The van der Waals surface area contributed by atoms with Crippen LogP contribution in [0.25, 0.3) is 0 Å². The Balaban J connectivity index is 3.56. The molecule has 0 aromatic rings. The van der Waals surface area contributed by atoms with E-state index in [4.69, 9.17) is 0 Å². The minimum atomic E-state index is -5.32. The van der Waals surface area contributed by atoms with E-state index in [-0.39, 0.29) is 0 Å². The maximum Gasteiger partial charge on any atom is 0.0608 e. The van der Waals surface area contributed by atoms with E-state index in [1.54, 1.807) is 0 Å². The third-order valence-electron chi connectivity index (χ3n) is 0.167. The Kier molecular flexibility index (Phi) is 3.01. The summed E-state index contributed by atoms with van der Waals surface area (Å²) in [5.41, 5.74) is 0. The molecule has 0 fully saturated rings. The maximum absolute atomic E-state index is 9.31. The molecule has 0 rings (SSSR count). The molecule has 0 aliphatic carbocycles. The molecular formula is O6P2-4. The van der Waals surface area contributed by atoms with E-state index in [2.05, 4.69) is 4.31 Å². The molecule has 0 unspecified atom stereocenters. The van der Waals surface area contributed by atoms with Crippen molar-refractivity contribution in [2.75, 3.05) is 0 Å². The zero-order chi connectivity index (χ0) is 6.78. The van der Waals surface area contributed by atoms with Crippen LogP contribution < -0.4 is 19.6 Å². The molecule has 0 radical (unpaired) electrons. The van der Waals surface area contributed by atoms with E-state index in [1.165, 1.54) is 0 Å². The van der Waals surface area contributed by atoms with Gasteiger partial charge in [0.15, 0.2) is 0 Å². The van der Waals surface area contributed by atoms with Gasteiger partial charge in [0, 0.05) is 0 Å². The van der Waals surface area contributed by atoms with E-state index in [1.807, 2.05) is 0 Å². The van der Waals surface area contributed by atoms with Crippen molar-refractivity contribution in [3.63, 3.8) is 0 Å². The van der Waals surface area contributed by atoms with Crippen LogP contribution in [0.1, 0.15) is 0 Å². The summed E-state index contributed by atoms with van der Waals surface area (Å²) in [5, 5.41) is 0. The quantitative estimate of drug-likeness (QED) is 0.390. The van der Waals surface area contributed by atoms with E-state index in [0.29, 0.717) is 0 Å². The average Bonchev–Trinajstić information content (AvgIpc) is 1.21. The molecule has 0 aliphatic rings. The first-order valence-corrected chi connectivity index (χ1v) is 3.83. The van der Waals surface area contributed by atoms with Crippen molar-refractivity contribution >= 4 is 16.4 Å². The number of phosphoric acid groups is 1. The summed E-state index contributed by atoms with van der Waals surface area (Å²) in [4.78, 5) is 37.1. The Morgan fingerprint density at radius 2 is 1.75 bits per heavy atom. The Bertz CT molecular complexity index is 99.1. The lowest BCUT2D eigenvalue weighted by Gasteiger charge is -2.40. The summed E-state index contributed by atoms with van der Waals surface area (Å²) in [5.74, 6) is 0. The summed E-state index contributed by atoms with van der Waals surface area (Å²) in [6.45, 7) is 0. The van der Waals surface area contributed by atoms with Gasteiger partial charge >= 0.3 is 0 Å². The molecule has 8 heteroatoms. The summed E-state index contributed by atoms with van der Waals surface area (Å²) >= 11 is 0. The normalized spacial score (nSPS) is 12.6. The van der Waals surface area contributed by atoms with Crippen LogP contribution in [0.2, 0.25) is 0 Å². The SMILES string of the molecule is O=P([O-])([O-])OP([O-])[O-]. The standard InChI is InChI=1S/H2O6P2/c1-7(2)6-8(3,4)5/h(H2,3,4,5)/q-2/p-2. The lowest BCUT2D eigenvalue weighted by Crippen LogP contribution is -2.19. The first kappa shape index (κ1) is 8.46. The molecule has 0 aromatic carbocycles. The van der Waals surface area contributed by atoms with Gasteiger partial charge in [-0.05, 0) is 0 Å². The van der Waals surface area contributed by atoms with Crippen molar-refractivity contribution in [3.8, 4) is 0 Å². The molecule has 0 spiro atoms. The Morgan fingerprint density at radius 1 is 1.38 bits per heavy atom. The fraction of sp³-hybridized carbons (Fsp3) is 0. The molecule has 0 aliphatic heterocycles. The van der Waals surface area contributed by atoms with Crippen LogP contribution in [0.3, 0.4) is 0 Å². The van der Waals surface area contributed by atoms with Gasteiger partial charge in [-0.25, -0.2) is 0 Å². The topological polar surface area (TPSA) is 119 Å². The van der Waals surface area contributed by atoms with Crippen molar-refractivity contribution < 1.29 is 28.4 Å². The van der Waals surface area contributed by atoms with Gasteiger partial charge in [-0.15, -0.1) is 0 Å². The summed E-state index contributed by atoms with van der Waals surface area (Å²) in [6.07, 6.45) is 0. The molecule has 6 nitrogen and oxygen atoms in total. The zero-order valence-corrected chi connectivity index (χ0v) is 5.13. The molecule has 0 amide bonds. The predicted octanol–water partition coefficient (Wildman–Crippen LogP) is -3.22. The molecule has 8 heavy (non-hydrogen) atoms. The van der Waals surface area contributed by atoms with Gasteiger partial charge in [-0.1, -0.05) is 0 Å². The van der Waals surface area contributed by atoms with Gasteiger partial charge in [0.25, 0.3) is 0 Å². The highest BCUT2D eigenvalue weighted by Gasteiger charge is 1.81. The van der Waals surface area contributed by atoms with Crippen molar-refractivity contribution in [1.29, 1.82) is 0 Å². The number of rotatable bonds is 2. The molecule has 0 saturated carbocycles. The lowest BCUT2D eigenvalue weighted by atomic mass is 15.7. The van der Waals surface area contributed by atoms with Gasteiger partial charge in [0.1, 0.15) is 0 Å². The second kappa shape index (κ2) is 2.85. The van der Waals surface area contributed by atoms with Crippen LogP contribution in [-0.2, 0) is 8.88 Å². The van der Waals surface area contributed by atoms with Crippen molar-refractivity contribution in [2.24, 2.45) is 0 Å². The monoisotopic (exact) mass is 158 g/mol. The molecule has 50 valence electrons. The lowest BCUT2D eigenvalue weighted by molar-refractivity contribution is -0.353. The van der Waals surface area contributed by atoms with E-state index in [9.17, 15) is 24.1 Å². The van der Waals surface area contributed by atoms with Gasteiger partial charge in [0.2, 0.25) is 0 Å². The van der Waals surface area contributed by atoms with Gasteiger partial charge in [0.05, 0.1) is 7.82 Å². The second-order valence-corrected chi connectivity index (χ2v) is 2.75. The van der Waals surface area contributed by atoms with Crippen LogP contribution in [-0.4, -0.2) is 0 Å². The number of hydrogen-bond acceptors (Lipinski definition) is 6. The average molecular weight is 158 g/mol.